The number of benzene rings is 1. The highest BCUT2D eigenvalue weighted by Crippen LogP contribution is 2.33. The van der Waals surface area contributed by atoms with E-state index in [2.05, 4.69) is 10.1 Å². The number of aromatic nitrogens is 2. The van der Waals surface area contributed by atoms with E-state index in [1.807, 2.05) is 46.7 Å². The second kappa shape index (κ2) is 7.29. The Morgan fingerprint density at radius 2 is 2.23 bits per heavy atom. The maximum atomic E-state index is 12.8. The lowest BCUT2D eigenvalue weighted by Crippen LogP contribution is -2.38. The van der Waals surface area contributed by atoms with Crippen molar-refractivity contribution < 1.29 is 14.1 Å². The lowest BCUT2D eigenvalue weighted by atomic mass is 10.0. The SMILES string of the molecule is COc1cccc(-c2noc(C3CCCCN3C(=O)c3cccs3)n2)c1. The summed E-state index contributed by atoms with van der Waals surface area (Å²) in [4.78, 5) is 20.0. The minimum absolute atomic E-state index is 0.0332. The van der Waals surface area contributed by atoms with Crippen LogP contribution in [-0.4, -0.2) is 34.6 Å². The van der Waals surface area contributed by atoms with Gasteiger partial charge in [-0.25, -0.2) is 0 Å². The second-order valence-corrected chi connectivity index (χ2v) is 7.12. The van der Waals surface area contributed by atoms with Crippen LogP contribution in [0.4, 0.5) is 0 Å². The lowest BCUT2D eigenvalue weighted by Gasteiger charge is -2.33. The van der Waals surface area contributed by atoms with Crippen LogP contribution in [0.15, 0.2) is 46.3 Å². The number of likely N-dealkylation sites (tertiary alicyclic amines) is 1. The van der Waals surface area contributed by atoms with Gasteiger partial charge in [0.1, 0.15) is 11.8 Å². The smallest absolute Gasteiger partial charge is 0.264 e. The van der Waals surface area contributed by atoms with E-state index in [1.54, 1.807) is 7.11 Å². The molecule has 1 aliphatic rings. The second-order valence-electron chi connectivity index (χ2n) is 6.18. The number of carbonyl (C=O) groups excluding carboxylic acids is 1. The number of thiophene rings is 1. The van der Waals surface area contributed by atoms with Gasteiger partial charge in [0.25, 0.3) is 5.91 Å². The summed E-state index contributed by atoms with van der Waals surface area (Å²) in [5, 5.41) is 6.03. The number of ether oxygens (including phenoxy) is 1. The van der Waals surface area contributed by atoms with E-state index in [0.29, 0.717) is 18.3 Å². The minimum atomic E-state index is -0.176. The van der Waals surface area contributed by atoms with E-state index in [4.69, 9.17) is 9.26 Å². The standard InChI is InChI=1S/C19H19N3O3S/c1-24-14-7-4-6-13(12-14)17-20-18(25-21-17)15-8-2-3-10-22(15)19(23)16-9-5-11-26-16/h4-7,9,11-12,15H,2-3,8,10H2,1H3. The summed E-state index contributed by atoms with van der Waals surface area (Å²) in [6, 6.07) is 11.1. The molecule has 1 saturated heterocycles. The van der Waals surface area contributed by atoms with Gasteiger partial charge < -0.3 is 14.2 Å². The van der Waals surface area contributed by atoms with Crippen LogP contribution < -0.4 is 4.74 Å². The first-order valence-electron chi connectivity index (χ1n) is 8.59. The summed E-state index contributed by atoms with van der Waals surface area (Å²) in [6.07, 6.45) is 2.86. The van der Waals surface area contributed by atoms with Crippen LogP contribution in [0.3, 0.4) is 0 Å². The topological polar surface area (TPSA) is 68.5 Å². The number of rotatable bonds is 4. The monoisotopic (exact) mass is 369 g/mol. The Morgan fingerprint density at radius 1 is 1.31 bits per heavy atom. The Kier molecular flexibility index (Phi) is 4.71. The Balaban J connectivity index is 1.61. The lowest BCUT2D eigenvalue weighted by molar-refractivity contribution is 0.0566. The van der Waals surface area contributed by atoms with Crippen LogP contribution in [0.2, 0.25) is 0 Å². The number of hydrogen-bond donors (Lipinski definition) is 0. The average molecular weight is 369 g/mol. The molecule has 1 aliphatic heterocycles. The molecule has 0 bridgehead atoms. The molecule has 1 unspecified atom stereocenters. The maximum Gasteiger partial charge on any atom is 0.264 e. The molecular weight excluding hydrogens is 350 g/mol. The molecule has 2 aromatic heterocycles. The number of nitrogens with zero attached hydrogens (tertiary/aromatic N) is 3. The van der Waals surface area contributed by atoms with Gasteiger partial charge in [0, 0.05) is 12.1 Å². The summed E-state index contributed by atoms with van der Waals surface area (Å²) in [5.41, 5.74) is 0.825. The van der Waals surface area contributed by atoms with Crippen LogP contribution in [0.1, 0.15) is 40.9 Å². The largest absolute Gasteiger partial charge is 0.497 e. The Hall–Kier alpha value is -2.67. The van der Waals surface area contributed by atoms with Crippen LogP contribution >= 0.6 is 11.3 Å². The van der Waals surface area contributed by atoms with Crippen molar-refractivity contribution in [3.63, 3.8) is 0 Å². The third kappa shape index (κ3) is 3.22. The van der Waals surface area contributed by atoms with E-state index in [9.17, 15) is 4.79 Å². The van der Waals surface area contributed by atoms with E-state index in [-0.39, 0.29) is 11.9 Å². The molecule has 1 amide bonds. The number of carbonyl (C=O) groups is 1. The maximum absolute atomic E-state index is 12.8. The minimum Gasteiger partial charge on any atom is -0.497 e. The van der Waals surface area contributed by atoms with Gasteiger partial charge in [-0.1, -0.05) is 23.4 Å². The van der Waals surface area contributed by atoms with Gasteiger partial charge in [-0.2, -0.15) is 4.98 Å². The van der Waals surface area contributed by atoms with Crippen LogP contribution in [0, 0.1) is 0 Å². The van der Waals surface area contributed by atoms with Crippen molar-refractivity contribution in [3.05, 3.63) is 52.5 Å². The summed E-state index contributed by atoms with van der Waals surface area (Å²) >= 11 is 1.46. The number of methoxy groups -OCH3 is 1. The first kappa shape index (κ1) is 16.8. The van der Waals surface area contributed by atoms with Crippen molar-refractivity contribution in [2.45, 2.75) is 25.3 Å². The number of amides is 1. The van der Waals surface area contributed by atoms with E-state index in [0.717, 1.165) is 35.5 Å². The van der Waals surface area contributed by atoms with Gasteiger partial charge in [-0.3, -0.25) is 4.79 Å². The molecule has 0 aliphatic carbocycles. The fraction of sp³-hybridized carbons (Fsp3) is 0.316. The molecule has 0 N–H and O–H groups in total. The molecule has 1 atom stereocenters. The predicted octanol–water partition coefficient (Wildman–Crippen LogP) is 4.17. The fourth-order valence-corrected chi connectivity index (χ4v) is 3.90. The molecule has 1 fully saturated rings. The van der Waals surface area contributed by atoms with Crippen molar-refractivity contribution >= 4 is 17.2 Å². The molecule has 3 heterocycles. The van der Waals surface area contributed by atoms with Crippen LogP contribution in [0.25, 0.3) is 11.4 Å². The summed E-state index contributed by atoms with van der Waals surface area (Å²) in [6.45, 7) is 0.707. The van der Waals surface area contributed by atoms with Crippen molar-refractivity contribution in [2.75, 3.05) is 13.7 Å². The van der Waals surface area contributed by atoms with E-state index < -0.39 is 0 Å². The molecular formula is C19H19N3O3S. The first-order valence-corrected chi connectivity index (χ1v) is 9.47. The van der Waals surface area contributed by atoms with Gasteiger partial charge in [-0.05, 0) is 42.8 Å². The molecule has 3 aromatic rings. The Morgan fingerprint density at radius 3 is 3.04 bits per heavy atom. The molecule has 7 heteroatoms. The van der Waals surface area contributed by atoms with Crippen molar-refractivity contribution in [1.29, 1.82) is 0 Å². The average Bonchev–Trinajstić information content (AvgIpc) is 3.39. The van der Waals surface area contributed by atoms with Crippen LogP contribution in [-0.2, 0) is 0 Å². The zero-order chi connectivity index (χ0) is 17.9. The Labute approximate surface area is 155 Å². The predicted molar refractivity (Wildman–Crippen MR) is 98.2 cm³/mol. The number of piperidine rings is 1. The van der Waals surface area contributed by atoms with Crippen molar-refractivity contribution in [3.8, 4) is 17.1 Å². The molecule has 6 nitrogen and oxygen atoms in total. The third-order valence-corrected chi connectivity index (χ3v) is 5.41. The van der Waals surface area contributed by atoms with Gasteiger partial charge in [-0.15, -0.1) is 11.3 Å². The van der Waals surface area contributed by atoms with Gasteiger partial charge in [0.15, 0.2) is 0 Å². The van der Waals surface area contributed by atoms with Gasteiger partial charge in [0.05, 0.1) is 12.0 Å². The van der Waals surface area contributed by atoms with Crippen molar-refractivity contribution in [2.24, 2.45) is 0 Å². The molecule has 0 radical (unpaired) electrons. The normalized spacial score (nSPS) is 17.3. The molecule has 134 valence electrons. The molecule has 1 aromatic carbocycles. The Bertz CT molecular complexity index is 891. The van der Waals surface area contributed by atoms with Crippen molar-refractivity contribution in [1.82, 2.24) is 15.0 Å². The highest BCUT2D eigenvalue weighted by molar-refractivity contribution is 7.12. The molecule has 4 rings (SSSR count). The summed E-state index contributed by atoms with van der Waals surface area (Å²) in [7, 11) is 1.62. The zero-order valence-corrected chi connectivity index (χ0v) is 15.2. The molecule has 26 heavy (non-hydrogen) atoms. The highest BCUT2D eigenvalue weighted by atomic mass is 32.1. The molecule has 0 saturated carbocycles. The van der Waals surface area contributed by atoms with Gasteiger partial charge >= 0.3 is 0 Å². The highest BCUT2D eigenvalue weighted by Gasteiger charge is 2.33. The summed E-state index contributed by atoms with van der Waals surface area (Å²) in [5.74, 6) is 1.77. The molecule has 0 spiro atoms. The summed E-state index contributed by atoms with van der Waals surface area (Å²) < 4.78 is 10.8. The van der Waals surface area contributed by atoms with Gasteiger partial charge in [0.2, 0.25) is 11.7 Å². The fourth-order valence-electron chi connectivity index (χ4n) is 3.22. The first-order chi connectivity index (χ1) is 12.8. The quantitative estimate of drug-likeness (QED) is 0.690. The third-order valence-electron chi connectivity index (χ3n) is 4.55. The van der Waals surface area contributed by atoms with E-state index >= 15 is 0 Å². The zero-order valence-electron chi connectivity index (χ0n) is 14.4. The van der Waals surface area contributed by atoms with E-state index in [1.165, 1.54) is 11.3 Å². The number of hydrogen-bond acceptors (Lipinski definition) is 6. The van der Waals surface area contributed by atoms with Crippen LogP contribution in [0.5, 0.6) is 5.75 Å².